The van der Waals surface area contributed by atoms with Gasteiger partial charge >= 0.3 is 0 Å². The lowest BCUT2D eigenvalue weighted by Crippen LogP contribution is -2.22. The Hall–Kier alpha value is -0.900. The maximum Gasteiger partial charge on any atom is 0.269 e. The largest absolute Gasteiger partial charge is 0.269 e. The van der Waals surface area contributed by atoms with Crippen molar-refractivity contribution >= 4 is 21.6 Å². The Bertz CT molecular complexity index is 424. The molecule has 1 fully saturated rings. The molecular formula is C15H20BrNO2. The first-order valence-corrected chi connectivity index (χ1v) is 7.85. The molecule has 0 aromatic heterocycles. The van der Waals surface area contributed by atoms with Crippen LogP contribution in [0.1, 0.15) is 38.2 Å². The Balaban J connectivity index is 1.91. The maximum atomic E-state index is 10.6. The molecule has 1 aromatic carbocycles. The molecule has 1 saturated carbocycles. The lowest BCUT2D eigenvalue weighted by molar-refractivity contribution is -0.384. The zero-order chi connectivity index (χ0) is 13.8. The molecule has 0 bridgehead atoms. The van der Waals surface area contributed by atoms with Gasteiger partial charge in [0.05, 0.1) is 4.92 Å². The van der Waals surface area contributed by atoms with Crippen molar-refractivity contribution in [1.82, 2.24) is 0 Å². The molecule has 0 spiro atoms. The highest BCUT2D eigenvalue weighted by atomic mass is 79.9. The topological polar surface area (TPSA) is 43.1 Å². The number of alkyl halides is 1. The van der Waals surface area contributed by atoms with Crippen LogP contribution >= 0.6 is 15.9 Å². The summed E-state index contributed by atoms with van der Waals surface area (Å²) in [4.78, 5) is 10.7. The molecule has 0 amide bonds. The molecule has 0 radical (unpaired) electrons. The summed E-state index contributed by atoms with van der Waals surface area (Å²) in [6, 6.07) is 6.94. The predicted molar refractivity (Wildman–Crippen MR) is 80.6 cm³/mol. The fourth-order valence-electron chi connectivity index (χ4n) is 2.79. The van der Waals surface area contributed by atoms with Crippen molar-refractivity contribution in [1.29, 1.82) is 0 Å². The SMILES string of the molecule is CC1CCC(C(Br)Cc2ccc([N+](=O)[O-])cc2)CC1. The normalized spacial score (nSPS) is 24.9. The van der Waals surface area contributed by atoms with E-state index in [2.05, 4.69) is 22.9 Å². The number of nitro benzene ring substituents is 1. The molecule has 104 valence electrons. The van der Waals surface area contributed by atoms with Gasteiger partial charge in [-0.25, -0.2) is 0 Å². The second-order valence-corrected chi connectivity index (χ2v) is 6.84. The van der Waals surface area contributed by atoms with Gasteiger partial charge in [-0.3, -0.25) is 10.1 Å². The van der Waals surface area contributed by atoms with Gasteiger partial charge in [0.25, 0.3) is 5.69 Å². The zero-order valence-corrected chi connectivity index (χ0v) is 12.8. The first-order valence-electron chi connectivity index (χ1n) is 6.93. The molecule has 1 aliphatic rings. The number of nitro groups is 1. The van der Waals surface area contributed by atoms with Crippen molar-refractivity contribution in [2.24, 2.45) is 11.8 Å². The summed E-state index contributed by atoms with van der Waals surface area (Å²) in [5, 5.41) is 10.6. The minimum absolute atomic E-state index is 0.168. The molecule has 0 heterocycles. The van der Waals surface area contributed by atoms with Gasteiger partial charge < -0.3 is 0 Å². The van der Waals surface area contributed by atoms with Crippen LogP contribution in [0.2, 0.25) is 0 Å². The second-order valence-electron chi connectivity index (χ2n) is 5.66. The summed E-state index contributed by atoms with van der Waals surface area (Å²) in [7, 11) is 0. The van der Waals surface area contributed by atoms with E-state index < -0.39 is 0 Å². The fraction of sp³-hybridized carbons (Fsp3) is 0.600. The van der Waals surface area contributed by atoms with E-state index >= 15 is 0 Å². The second kappa shape index (κ2) is 6.51. The molecule has 4 heteroatoms. The van der Waals surface area contributed by atoms with Crippen LogP contribution in [0, 0.1) is 22.0 Å². The van der Waals surface area contributed by atoms with Crippen LogP contribution in [-0.4, -0.2) is 9.75 Å². The minimum atomic E-state index is -0.349. The summed E-state index contributed by atoms with van der Waals surface area (Å²) in [5.74, 6) is 1.61. The monoisotopic (exact) mass is 325 g/mol. The quantitative estimate of drug-likeness (QED) is 0.456. The first kappa shape index (κ1) is 14.5. The number of halogens is 1. The third-order valence-electron chi connectivity index (χ3n) is 4.15. The van der Waals surface area contributed by atoms with Crippen LogP contribution in [-0.2, 0) is 6.42 Å². The molecule has 1 aromatic rings. The van der Waals surface area contributed by atoms with E-state index in [-0.39, 0.29) is 10.6 Å². The van der Waals surface area contributed by atoms with E-state index in [4.69, 9.17) is 0 Å². The molecule has 3 nitrogen and oxygen atoms in total. The van der Waals surface area contributed by atoms with Gasteiger partial charge in [-0.1, -0.05) is 47.8 Å². The lowest BCUT2D eigenvalue weighted by Gasteiger charge is -2.29. The number of non-ortho nitro benzene ring substituents is 1. The summed E-state index contributed by atoms with van der Waals surface area (Å²) in [6.45, 7) is 2.33. The average Bonchev–Trinajstić information content (AvgIpc) is 2.40. The van der Waals surface area contributed by atoms with Crippen LogP contribution in [0.4, 0.5) is 5.69 Å². The van der Waals surface area contributed by atoms with Crippen molar-refractivity contribution in [2.45, 2.75) is 43.9 Å². The molecule has 0 N–H and O–H groups in total. The maximum absolute atomic E-state index is 10.6. The van der Waals surface area contributed by atoms with Crippen molar-refractivity contribution in [2.75, 3.05) is 0 Å². The van der Waals surface area contributed by atoms with E-state index in [0.29, 0.717) is 4.83 Å². The van der Waals surface area contributed by atoms with Crippen molar-refractivity contribution < 1.29 is 4.92 Å². The van der Waals surface area contributed by atoms with Gasteiger partial charge in [0, 0.05) is 17.0 Å². The fourth-order valence-corrected chi connectivity index (χ4v) is 3.70. The lowest BCUT2D eigenvalue weighted by atomic mass is 9.80. The third-order valence-corrected chi connectivity index (χ3v) is 5.22. The number of benzene rings is 1. The van der Waals surface area contributed by atoms with E-state index in [1.807, 2.05) is 12.1 Å². The highest BCUT2D eigenvalue weighted by Crippen LogP contribution is 2.34. The molecular weight excluding hydrogens is 306 g/mol. The van der Waals surface area contributed by atoms with Gasteiger partial charge in [0.15, 0.2) is 0 Å². The Labute approximate surface area is 122 Å². The molecule has 1 aliphatic carbocycles. The van der Waals surface area contributed by atoms with Crippen LogP contribution in [0.5, 0.6) is 0 Å². The smallest absolute Gasteiger partial charge is 0.258 e. The van der Waals surface area contributed by atoms with Crippen LogP contribution < -0.4 is 0 Å². The molecule has 0 aliphatic heterocycles. The Morgan fingerprint density at radius 2 is 1.84 bits per heavy atom. The number of hydrogen-bond acceptors (Lipinski definition) is 2. The molecule has 1 atom stereocenters. The van der Waals surface area contributed by atoms with Crippen LogP contribution in [0.25, 0.3) is 0 Å². The van der Waals surface area contributed by atoms with Crippen LogP contribution in [0.3, 0.4) is 0 Å². The molecule has 0 saturated heterocycles. The summed E-state index contributed by atoms with van der Waals surface area (Å²) >= 11 is 3.81. The van der Waals surface area contributed by atoms with Gasteiger partial charge in [-0.05, 0) is 36.7 Å². The standard InChI is InChI=1S/C15H20BrNO2/c1-11-2-6-13(7-3-11)15(16)10-12-4-8-14(9-5-12)17(18)19/h4-5,8-9,11,13,15H,2-3,6-7,10H2,1H3. The Morgan fingerprint density at radius 1 is 1.26 bits per heavy atom. The van der Waals surface area contributed by atoms with Gasteiger partial charge in [0.1, 0.15) is 0 Å². The highest BCUT2D eigenvalue weighted by Gasteiger charge is 2.24. The average molecular weight is 326 g/mol. The van der Waals surface area contributed by atoms with Crippen molar-refractivity contribution in [3.63, 3.8) is 0 Å². The van der Waals surface area contributed by atoms with Gasteiger partial charge in [-0.2, -0.15) is 0 Å². The molecule has 2 rings (SSSR count). The number of nitrogens with zero attached hydrogens (tertiary/aromatic N) is 1. The minimum Gasteiger partial charge on any atom is -0.258 e. The van der Waals surface area contributed by atoms with Crippen molar-refractivity contribution in [3.05, 3.63) is 39.9 Å². The number of hydrogen-bond donors (Lipinski definition) is 0. The Morgan fingerprint density at radius 3 is 2.37 bits per heavy atom. The zero-order valence-electron chi connectivity index (χ0n) is 11.2. The predicted octanol–water partition coefficient (Wildman–Crippen LogP) is 4.73. The Kier molecular flexibility index (Phi) is 4.97. The van der Waals surface area contributed by atoms with Crippen molar-refractivity contribution in [3.8, 4) is 0 Å². The first-order chi connectivity index (χ1) is 9.06. The van der Waals surface area contributed by atoms with E-state index in [1.165, 1.54) is 31.2 Å². The summed E-state index contributed by atoms with van der Waals surface area (Å²) < 4.78 is 0. The number of rotatable bonds is 4. The molecule has 1 unspecified atom stereocenters. The highest BCUT2D eigenvalue weighted by molar-refractivity contribution is 9.09. The van der Waals surface area contributed by atoms with Crippen LogP contribution in [0.15, 0.2) is 24.3 Å². The third kappa shape index (κ3) is 4.03. The summed E-state index contributed by atoms with van der Waals surface area (Å²) in [5.41, 5.74) is 1.34. The van der Waals surface area contributed by atoms with Gasteiger partial charge in [-0.15, -0.1) is 0 Å². The van der Waals surface area contributed by atoms with E-state index in [1.54, 1.807) is 12.1 Å². The summed E-state index contributed by atoms with van der Waals surface area (Å²) in [6.07, 6.45) is 6.20. The van der Waals surface area contributed by atoms with Gasteiger partial charge in [0.2, 0.25) is 0 Å². The molecule has 19 heavy (non-hydrogen) atoms. The van der Waals surface area contributed by atoms with E-state index in [0.717, 1.165) is 18.3 Å². The van der Waals surface area contributed by atoms with E-state index in [9.17, 15) is 10.1 Å².